The molecule has 0 saturated heterocycles. The number of carboxylic acids is 1. The highest BCUT2D eigenvalue weighted by atomic mass is 79.9. The van der Waals surface area contributed by atoms with Crippen LogP contribution in [0, 0.1) is 11.6 Å². The van der Waals surface area contributed by atoms with Crippen LogP contribution in [-0.2, 0) is 6.54 Å². The van der Waals surface area contributed by atoms with Gasteiger partial charge in [-0.1, -0.05) is 0 Å². The topological polar surface area (TPSA) is 49.3 Å². The average Bonchev–Trinajstić information content (AvgIpc) is 2.76. The van der Waals surface area contributed by atoms with Crippen molar-refractivity contribution in [1.82, 2.24) is 0 Å². The summed E-state index contributed by atoms with van der Waals surface area (Å²) < 4.78 is 28.0. The van der Waals surface area contributed by atoms with Crippen LogP contribution in [0.3, 0.4) is 0 Å². The van der Waals surface area contributed by atoms with Crippen LogP contribution in [0.15, 0.2) is 28.1 Å². The van der Waals surface area contributed by atoms with Crippen molar-refractivity contribution in [1.29, 1.82) is 0 Å². The van der Waals surface area contributed by atoms with Crippen molar-refractivity contribution in [2.24, 2.45) is 0 Å². The van der Waals surface area contributed by atoms with Crippen molar-refractivity contribution >= 4 is 38.9 Å². The van der Waals surface area contributed by atoms with Gasteiger partial charge in [0.25, 0.3) is 0 Å². The van der Waals surface area contributed by atoms with E-state index in [-0.39, 0.29) is 5.69 Å². The van der Waals surface area contributed by atoms with Crippen molar-refractivity contribution < 1.29 is 18.7 Å². The van der Waals surface area contributed by atoms with Gasteiger partial charge in [0.1, 0.15) is 0 Å². The van der Waals surface area contributed by atoms with E-state index >= 15 is 0 Å². The minimum absolute atomic E-state index is 0.0629. The van der Waals surface area contributed by atoms with E-state index in [4.69, 9.17) is 5.11 Å². The van der Waals surface area contributed by atoms with Gasteiger partial charge < -0.3 is 10.4 Å². The predicted octanol–water partition coefficient (Wildman–Crippen LogP) is 4.10. The van der Waals surface area contributed by atoms with Crippen LogP contribution in [0.2, 0.25) is 0 Å². The Kier molecular flexibility index (Phi) is 4.16. The summed E-state index contributed by atoms with van der Waals surface area (Å²) in [4.78, 5) is 11.6. The number of rotatable bonds is 4. The highest BCUT2D eigenvalue weighted by molar-refractivity contribution is 9.10. The van der Waals surface area contributed by atoms with Gasteiger partial charge in [-0.25, -0.2) is 13.6 Å². The lowest BCUT2D eigenvalue weighted by Crippen LogP contribution is -2.07. The Morgan fingerprint density at radius 3 is 2.68 bits per heavy atom. The Labute approximate surface area is 120 Å². The molecule has 1 heterocycles. The van der Waals surface area contributed by atoms with E-state index in [0.29, 0.717) is 6.54 Å². The molecule has 0 unspecified atom stereocenters. The quantitative estimate of drug-likeness (QED) is 0.875. The average molecular weight is 348 g/mol. The number of anilines is 1. The standard InChI is InChI=1S/C12H8BrF2NO2S/c13-6-3-7(19-5-6)4-16-9-2-1-8(12(17)18)10(14)11(9)15/h1-3,5,16H,4H2,(H,17,18). The molecule has 0 atom stereocenters. The molecule has 0 amide bonds. The Morgan fingerprint density at radius 1 is 1.37 bits per heavy atom. The lowest BCUT2D eigenvalue weighted by Gasteiger charge is -2.08. The monoisotopic (exact) mass is 347 g/mol. The van der Waals surface area contributed by atoms with Crippen molar-refractivity contribution in [2.45, 2.75) is 6.54 Å². The molecule has 19 heavy (non-hydrogen) atoms. The third-order valence-electron chi connectivity index (χ3n) is 2.39. The first-order valence-corrected chi connectivity index (χ1v) is 6.84. The summed E-state index contributed by atoms with van der Waals surface area (Å²) in [6, 6.07) is 4.11. The maximum absolute atomic E-state index is 13.6. The normalized spacial score (nSPS) is 10.5. The predicted molar refractivity (Wildman–Crippen MR) is 72.7 cm³/mol. The lowest BCUT2D eigenvalue weighted by molar-refractivity contribution is 0.0690. The number of carboxylic acid groups (broad SMARTS) is 1. The Morgan fingerprint density at radius 2 is 2.11 bits per heavy atom. The summed E-state index contributed by atoms with van der Waals surface area (Å²) in [5, 5.41) is 13.3. The van der Waals surface area contributed by atoms with Gasteiger partial charge in [0.15, 0.2) is 11.6 Å². The van der Waals surface area contributed by atoms with Crippen molar-refractivity contribution in [2.75, 3.05) is 5.32 Å². The molecule has 0 spiro atoms. The number of hydrogen-bond donors (Lipinski definition) is 2. The molecule has 0 bridgehead atoms. The first-order chi connectivity index (χ1) is 8.99. The Balaban J connectivity index is 2.17. The molecule has 2 N–H and O–H groups in total. The molecule has 0 aliphatic heterocycles. The van der Waals surface area contributed by atoms with Crippen molar-refractivity contribution in [3.63, 3.8) is 0 Å². The molecule has 1 aromatic carbocycles. The molecular formula is C12H8BrF2NO2S. The van der Waals surface area contributed by atoms with Gasteiger partial charge in [-0.15, -0.1) is 11.3 Å². The zero-order valence-corrected chi connectivity index (χ0v) is 11.8. The van der Waals surface area contributed by atoms with Crippen LogP contribution in [-0.4, -0.2) is 11.1 Å². The zero-order chi connectivity index (χ0) is 14.0. The van der Waals surface area contributed by atoms with Crippen molar-refractivity contribution in [3.05, 3.63) is 50.1 Å². The van der Waals surface area contributed by atoms with E-state index in [0.717, 1.165) is 15.4 Å². The van der Waals surface area contributed by atoms with Crippen LogP contribution in [0.4, 0.5) is 14.5 Å². The summed E-state index contributed by atoms with van der Waals surface area (Å²) in [6.45, 7) is 0.332. The van der Waals surface area contributed by atoms with E-state index in [1.165, 1.54) is 17.4 Å². The molecule has 3 nitrogen and oxygen atoms in total. The largest absolute Gasteiger partial charge is 0.478 e. The smallest absolute Gasteiger partial charge is 0.338 e. The van der Waals surface area contributed by atoms with E-state index in [1.807, 2.05) is 11.4 Å². The number of benzene rings is 1. The molecule has 2 rings (SSSR count). The highest BCUT2D eigenvalue weighted by Crippen LogP contribution is 2.24. The molecule has 0 radical (unpaired) electrons. The SMILES string of the molecule is O=C(O)c1ccc(NCc2cc(Br)cs2)c(F)c1F. The summed E-state index contributed by atoms with van der Waals surface area (Å²) in [5.74, 6) is -4.04. The van der Waals surface area contributed by atoms with E-state index < -0.39 is 23.2 Å². The minimum atomic E-state index is -1.50. The van der Waals surface area contributed by atoms with Gasteiger partial charge >= 0.3 is 5.97 Å². The summed E-state index contributed by atoms with van der Waals surface area (Å²) in [7, 11) is 0. The molecule has 7 heteroatoms. The summed E-state index contributed by atoms with van der Waals surface area (Å²) in [5.41, 5.74) is -0.742. The number of thiophene rings is 1. The Hall–Kier alpha value is -1.47. The third kappa shape index (κ3) is 3.10. The second-order valence-corrected chi connectivity index (χ2v) is 5.59. The van der Waals surface area contributed by atoms with Crippen LogP contribution in [0.5, 0.6) is 0 Å². The van der Waals surface area contributed by atoms with Gasteiger partial charge in [-0.3, -0.25) is 0 Å². The molecule has 2 aromatic rings. The molecule has 0 aliphatic rings. The Bertz CT molecular complexity index is 630. The molecule has 100 valence electrons. The van der Waals surface area contributed by atoms with Crippen LogP contribution >= 0.6 is 27.3 Å². The number of nitrogens with one attached hydrogen (secondary N) is 1. The lowest BCUT2D eigenvalue weighted by atomic mass is 10.2. The second kappa shape index (κ2) is 5.66. The number of carbonyl (C=O) groups is 1. The first kappa shape index (κ1) is 14.0. The highest BCUT2D eigenvalue weighted by Gasteiger charge is 2.17. The molecule has 0 saturated carbocycles. The summed E-state index contributed by atoms with van der Waals surface area (Å²) >= 11 is 4.76. The van der Waals surface area contributed by atoms with Gasteiger partial charge in [0.2, 0.25) is 0 Å². The van der Waals surface area contributed by atoms with Gasteiger partial charge in [0, 0.05) is 21.3 Å². The minimum Gasteiger partial charge on any atom is -0.478 e. The number of halogens is 3. The fraction of sp³-hybridized carbons (Fsp3) is 0.0833. The van der Waals surface area contributed by atoms with Crippen molar-refractivity contribution in [3.8, 4) is 0 Å². The van der Waals surface area contributed by atoms with Crippen LogP contribution in [0.25, 0.3) is 0 Å². The van der Waals surface area contributed by atoms with E-state index in [9.17, 15) is 13.6 Å². The van der Waals surface area contributed by atoms with E-state index in [2.05, 4.69) is 21.2 Å². The molecule has 0 aliphatic carbocycles. The fourth-order valence-corrected chi connectivity index (χ4v) is 2.87. The molecule has 0 fully saturated rings. The zero-order valence-electron chi connectivity index (χ0n) is 9.41. The molecular weight excluding hydrogens is 340 g/mol. The third-order valence-corrected chi connectivity index (χ3v) is 4.09. The first-order valence-electron chi connectivity index (χ1n) is 5.17. The van der Waals surface area contributed by atoms with Crippen LogP contribution in [0.1, 0.15) is 15.2 Å². The molecule has 1 aromatic heterocycles. The number of hydrogen-bond acceptors (Lipinski definition) is 3. The maximum atomic E-state index is 13.6. The second-order valence-electron chi connectivity index (χ2n) is 3.68. The van der Waals surface area contributed by atoms with Gasteiger partial charge in [-0.05, 0) is 34.1 Å². The van der Waals surface area contributed by atoms with Crippen LogP contribution < -0.4 is 5.32 Å². The maximum Gasteiger partial charge on any atom is 0.338 e. The van der Waals surface area contributed by atoms with Gasteiger partial charge in [0.05, 0.1) is 11.3 Å². The van der Waals surface area contributed by atoms with Gasteiger partial charge in [-0.2, -0.15) is 0 Å². The summed E-state index contributed by atoms with van der Waals surface area (Å²) in [6.07, 6.45) is 0. The number of aromatic carboxylic acids is 1. The fourth-order valence-electron chi connectivity index (χ4n) is 1.48. The van der Waals surface area contributed by atoms with E-state index in [1.54, 1.807) is 0 Å².